The molecule has 0 aliphatic carbocycles. The Balaban J connectivity index is 2.14. The minimum absolute atomic E-state index is 0.211. The van der Waals surface area contributed by atoms with E-state index < -0.39 is 0 Å². The first-order valence-electron chi connectivity index (χ1n) is 8.25. The second kappa shape index (κ2) is 7.39. The minimum Gasteiger partial charge on any atom is -0.326 e. The summed E-state index contributed by atoms with van der Waals surface area (Å²) in [6, 6.07) is 10.2. The quantitative estimate of drug-likeness (QED) is 0.904. The highest BCUT2D eigenvalue weighted by Gasteiger charge is 2.30. The van der Waals surface area contributed by atoms with E-state index in [-0.39, 0.29) is 6.04 Å². The first kappa shape index (κ1) is 16.5. The molecule has 1 aromatic carbocycles. The zero-order chi connectivity index (χ0) is 15.4. The molecule has 0 bridgehead atoms. The fourth-order valence-corrected chi connectivity index (χ4v) is 3.49. The lowest BCUT2D eigenvalue weighted by atomic mass is 9.92. The fourth-order valence-electron chi connectivity index (χ4n) is 3.49. The zero-order valence-corrected chi connectivity index (χ0v) is 14.0. The predicted octanol–water partition coefficient (Wildman–Crippen LogP) is 2.80. The van der Waals surface area contributed by atoms with Crippen LogP contribution in [-0.2, 0) is 0 Å². The van der Waals surface area contributed by atoms with Crippen molar-refractivity contribution in [3.8, 4) is 0 Å². The van der Waals surface area contributed by atoms with E-state index in [0.717, 1.165) is 25.6 Å². The fraction of sp³-hybridized carbons (Fsp3) is 0.667. The molecule has 0 aromatic heterocycles. The van der Waals surface area contributed by atoms with E-state index in [1.807, 2.05) is 0 Å². The highest BCUT2D eigenvalue weighted by Crippen LogP contribution is 2.29. The summed E-state index contributed by atoms with van der Waals surface area (Å²) in [6.07, 6.45) is 3.50. The molecule has 2 N–H and O–H groups in total. The topological polar surface area (TPSA) is 32.5 Å². The van der Waals surface area contributed by atoms with Crippen LogP contribution in [0.3, 0.4) is 0 Å². The summed E-state index contributed by atoms with van der Waals surface area (Å²) in [4.78, 5) is 4.96. The van der Waals surface area contributed by atoms with Gasteiger partial charge < -0.3 is 10.6 Å². The Kier molecular flexibility index (Phi) is 5.80. The number of benzene rings is 1. The molecular weight excluding hydrogens is 258 g/mol. The maximum atomic E-state index is 6.47. The van der Waals surface area contributed by atoms with Crippen LogP contribution < -0.4 is 5.73 Å². The van der Waals surface area contributed by atoms with Crippen LogP contribution >= 0.6 is 0 Å². The van der Waals surface area contributed by atoms with Crippen molar-refractivity contribution in [3.05, 3.63) is 35.4 Å². The summed E-state index contributed by atoms with van der Waals surface area (Å²) in [6.45, 7) is 6.65. The summed E-state index contributed by atoms with van der Waals surface area (Å²) in [5.74, 6) is 0. The normalized spacial score (nSPS) is 20.7. The van der Waals surface area contributed by atoms with E-state index in [1.54, 1.807) is 0 Å². The van der Waals surface area contributed by atoms with Crippen molar-refractivity contribution in [2.75, 3.05) is 27.2 Å². The van der Waals surface area contributed by atoms with Crippen LogP contribution in [0.4, 0.5) is 0 Å². The van der Waals surface area contributed by atoms with Gasteiger partial charge in [0.15, 0.2) is 0 Å². The first-order chi connectivity index (χ1) is 10.0. The lowest BCUT2D eigenvalue weighted by molar-refractivity contribution is 0.0948. The van der Waals surface area contributed by atoms with E-state index >= 15 is 0 Å². The van der Waals surface area contributed by atoms with E-state index in [0.29, 0.717) is 6.04 Å². The van der Waals surface area contributed by atoms with Crippen LogP contribution in [0.15, 0.2) is 24.3 Å². The van der Waals surface area contributed by atoms with Gasteiger partial charge in [0.25, 0.3) is 0 Å². The molecule has 1 aromatic rings. The third-order valence-corrected chi connectivity index (χ3v) is 4.88. The minimum atomic E-state index is 0.211. The van der Waals surface area contributed by atoms with Gasteiger partial charge >= 0.3 is 0 Å². The van der Waals surface area contributed by atoms with Crippen LogP contribution in [-0.4, -0.2) is 49.1 Å². The molecule has 1 heterocycles. The van der Waals surface area contributed by atoms with E-state index in [9.17, 15) is 0 Å². The Hall–Kier alpha value is -0.900. The van der Waals surface area contributed by atoms with Gasteiger partial charge in [-0.25, -0.2) is 0 Å². The van der Waals surface area contributed by atoms with Crippen molar-refractivity contribution in [1.82, 2.24) is 9.80 Å². The molecule has 1 fully saturated rings. The van der Waals surface area contributed by atoms with Gasteiger partial charge in [0.05, 0.1) is 0 Å². The van der Waals surface area contributed by atoms with Crippen molar-refractivity contribution < 1.29 is 0 Å². The molecule has 1 aliphatic heterocycles. The van der Waals surface area contributed by atoms with Crippen molar-refractivity contribution in [1.29, 1.82) is 0 Å². The third kappa shape index (κ3) is 4.06. The number of nitrogens with two attached hydrogens (primary N) is 1. The molecule has 2 atom stereocenters. The summed E-state index contributed by atoms with van der Waals surface area (Å²) in [7, 11) is 4.38. The summed E-state index contributed by atoms with van der Waals surface area (Å²) in [5, 5.41) is 0. The van der Waals surface area contributed by atoms with Gasteiger partial charge in [-0.3, -0.25) is 4.90 Å². The van der Waals surface area contributed by atoms with Gasteiger partial charge in [-0.05, 0) is 45.8 Å². The Morgan fingerprint density at radius 2 is 1.95 bits per heavy atom. The lowest BCUT2D eigenvalue weighted by Gasteiger charge is -2.41. The van der Waals surface area contributed by atoms with Crippen LogP contribution in [0.25, 0.3) is 0 Å². The van der Waals surface area contributed by atoms with Gasteiger partial charge in [-0.1, -0.05) is 36.8 Å². The predicted molar refractivity (Wildman–Crippen MR) is 90.5 cm³/mol. The molecule has 0 saturated carbocycles. The molecule has 2 rings (SSSR count). The van der Waals surface area contributed by atoms with E-state index in [2.05, 4.69) is 62.0 Å². The Morgan fingerprint density at radius 3 is 2.48 bits per heavy atom. The van der Waals surface area contributed by atoms with Crippen molar-refractivity contribution >= 4 is 0 Å². The SMILES string of the molecule is CCC(N)C(c1cccc(C)c1)N1CCC(N(C)C)CC1. The van der Waals surface area contributed by atoms with E-state index in [4.69, 9.17) is 5.73 Å². The van der Waals surface area contributed by atoms with Crippen LogP contribution in [0.2, 0.25) is 0 Å². The average molecular weight is 289 g/mol. The van der Waals surface area contributed by atoms with Crippen molar-refractivity contribution in [3.63, 3.8) is 0 Å². The Bertz CT molecular complexity index is 436. The molecule has 21 heavy (non-hydrogen) atoms. The molecule has 0 spiro atoms. The largest absolute Gasteiger partial charge is 0.326 e. The smallest absolute Gasteiger partial charge is 0.0499 e. The maximum Gasteiger partial charge on any atom is 0.0499 e. The maximum absolute atomic E-state index is 6.47. The number of hydrogen-bond acceptors (Lipinski definition) is 3. The second-order valence-electron chi connectivity index (χ2n) is 6.66. The molecule has 118 valence electrons. The van der Waals surface area contributed by atoms with Gasteiger partial charge in [0.1, 0.15) is 0 Å². The van der Waals surface area contributed by atoms with Gasteiger partial charge in [0.2, 0.25) is 0 Å². The average Bonchev–Trinajstić information content (AvgIpc) is 2.48. The molecule has 0 radical (unpaired) electrons. The highest BCUT2D eigenvalue weighted by molar-refractivity contribution is 5.26. The molecule has 3 nitrogen and oxygen atoms in total. The molecule has 1 aliphatic rings. The Morgan fingerprint density at radius 1 is 1.29 bits per heavy atom. The first-order valence-corrected chi connectivity index (χ1v) is 8.25. The van der Waals surface area contributed by atoms with Crippen molar-refractivity contribution in [2.45, 2.75) is 51.2 Å². The molecule has 3 heteroatoms. The standard InChI is InChI=1S/C18H31N3/c1-5-17(19)18(15-8-6-7-14(2)13-15)21-11-9-16(10-12-21)20(3)4/h6-8,13,16-18H,5,9-12,19H2,1-4H3. The molecule has 2 unspecified atom stereocenters. The molecule has 0 amide bonds. The summed E-state index contributed by atoms with van der Waals surface area (Å²) < 4.78 is 0. The summed E-state index contributed by atoms with van der Waals surface area (Å²) >= 11 is 0. The number of aryl methyl sites for hydroxylation is 1. The van der Waals surface area contributed by atoms with Gasteiger partial charge in [0, 0.05) is 31.2 Å². The number of piperidine rings is 1. The summed E-state index contributed by atoms with van der Waals surface area (Å²) in [5.41, 5.74) is 9.18. The van der Waals surface area contributed by atoms with Gasteiger partial charge in [-0.2, -0.15) is 0 Å². The second-order valence-corrected chi connectivity index (χ2v) is 6.66. The van der Waals surface area contributed by atoms with Crippen LogP contribution in [0.5, 0.6) is 0 Å². The number of likely N-dealkylation sites (tertiary alicyclic amines) is 1. The van der Waals surface area contributed by atoms with E-state index in [1.165, 1.54) is 24.0 Å². The highest BCUT2D eigenvalue weighted by atomic mass is 15.2. The molecule has 1 saturated heterocycles. The Labute approximate surface area is 130 Å². The van der Waals surface area contributed by atoms with Crippen molar-refractivity contribution in [2.24, 2.45) is 5.73 Å². The van der Waals surface area contributed by atoms with Gasteiger partial charge in [-0.15, -0.1) is 0 Å². The monoisotopic (exact) mass is 289 g/mol. The zero-order valence-electron chi connectivity index (χ0n) is 14.0. The third-order valence-electron chi connectivity index (χ3n) is 4.88. The number of hydrogen-bond donors (Lipinski definition) is 1. The van der Waals surface area contributed by atoms with Crippen LogP contribution in [0.1, 0.15) is 43.4 Å². The lowest BCUT2D eigenvalue weighted by Crippen LogP contribution is -2.48. The van der Waals surface area contributed by atoms with Crippen LogP contribution in [0, 0.1) is 6.92 Å². The number of rotatable bonds is 5. The number of nitrogens with zero attached hydrogens (tertiary/aromatic N) is 2. The molecular formula is C18H31N3.